The number of carbonyl (C=O) groups excluding carboxylic acids is 1. The van der Waals surface area contributed by atoms with E-state index in [1.165, 1.54) is 0 Å². The zero-order valence-electron chi connectivity index (χ0n) is 5.62. The Labute approximate surface area is 59.3 Å². The van der Waals surface area contributed by atoms with Crippen LogP contribution in [-0.4, -0.2) is 23.9 Å². The first-order valence-electron chi connectivity index (χ1n) is 2.88. The average Bonchev–Trinajstić information content (AvgIpc) is 1.86. The standard InChI is InChI=1S/C6H11NO3/c1-2-3-5(4-8)10-6(7)9/h2,5,8H,1,3-4H2,(H2,7,9). The largest absolute Gasteiger partial charge is 0.444 e. The molecule has 1 amide bonds. The van der Waals surface area contributed by atoms with Gasteiger partial charge in [-0.3, -0.25) is 0 Å². The predicted octanol–water partition coefficient (Wildman–Crippen LogP) is 0.0187. The number of hydrogen-bond acceptors (Lipinski definition) is 3. The molecule has 0 spiro atoms. The highest BCUT2D eigenvalue weighted by molar-refractivity contribution is 5.64. The summed E-state index contributed by atoms with van der Waals surface area (Å²) < 4.78 is 4.46. The summed E-state index contributed by atoms with van der Waals surface area (Å²) in [4.78, 5) is 10.1. The maximum Gasteiger partial charge on any atom is 0.404 e. The third kappa shape index (κ3) is 3.91. The Kier molecular flexibility index (Phi) is 4.32. The third-order valence-corrected chi connectivity index (χ3v) is 0.916. The fourth-order valence-electron chi connectivity index (χ4n) is 0.510. The summed E-state index contributed by atoms with van der Waals surface area (Å²) >= 11 is 0. The molecule has 10 heavy (non-hydrogen) atoms. The molecule has 0 fully saturated rings. The molecule has 58 valence electrons. The summed E-state index contributed by atoms with van der Waals surface area (Å²) in [6.45, 7) is 3.19. The van der Waals surface area contributed by atoms with E-state index >= 15 is 0 Å². The molecule has 0 aromatic rings. The number of aliphatic hydroxyl groups excluding tert-OH is 1. The van der Waals surface area contributed by atoms with E-state index in [4.69, 9.17) is 10.8 Å². The van der Waals surface area contributed by atoms with Crippen molar-refractivity contribution < 1.29 is 14.6 Å². The van der Waals surface area contributed by atoms with Gasteiger partial charge in [0.25, 0.3) is 0 Å². The van der Waals surface area contributed by atoms with E-state index in [0.29, 0.717) is 6.42 Å². The van der Waals surface area contributed by atoms with Crippen LogP contribution in [-0.2, 0) is 4.74 Å². The Hall–Kier alpha value is -1.03. The Morgan fingerprint density at radius 1 is 1.90 bits per heavy atom. The van der Waals surface area contributed by atoms with E-state index in [-0.39, 0.29) is 6.61 Å². The Balaban J connectivity index is 3.59. The molecule has 0 radical (unpaired) electrons. The fourth-order valence-corrected chi connectivity index (χ4v) is 0.510. The van der Waals surface area contributed by atoms with Gasteiger partial charge in [0, 0.05) is 6.42 Å². The van der Waals surface area contributed by atoms with Crippen LogP contribution in [0.25, 0.3) is 0 Å². The molecule has 4 heteroatoms. The zero-order valence-corrected chi connectivity index (χ0v) is 5.62. The van der Waals surface area contributed by atoms with Gasteiger partial charge in [-0.2, -0.15) is 0 Å². The highest BCUT2D eigenvalue weighted by atomic mass is 16.6. The molecule has 0 aromatic carbocycles. The molecule has 1 unspecified atom stereocenters. The minimum atomic E-state index is -0.874. The van der Waals surface area contributed by atoms with Crippen molar-refractivity contribution in [2.45, 2.75) is 12.5 Å². The van der Waals surface area contributed by atoms with E-state index in [1.807, 2.05) is 0 Å². The minimum absolute atomic E-state index is 0.227. The van der Waals surface area contributed by atoms with Crippen molar-refractivity contribution in [1.29, 1.82) is 0 Å². The van der Waals surface area contributed by atoms with Gasteiger partial charge in [-0.1, -0.05) is 6.08 Å². The van der Waals surface area contributed by atoms with E-state index in [2.05, 4.69) is 11.3 Å². The number of amides is 1. The van der Waals surface area contributed by atoms with Crippen molar-refractivity contribution in [3.05, 3.63) is 12.7 Å². The van der Waals surface area contributed by atoms with E-state index in [9.17, 15) is 4.79 Å². The summed E-state index contributed by atoms with van der Waals surface area (Å²) in [5.74, 6) is 0. The molecule has 0 bridgehead atoms. The number of rotatable bonds is 4. The SMILES string of the molecule is C=CCC(CO)OC(N)=O. The maximum absolute atomic E-state index is 10.1. The van der Waals surface area contributed by atoms with Crippen LogP contribution >= 0.6 is 0 Å². The number of primary amides is 1. The van der Waals surface area contributed by atoms with Crippen LogP contribution in [0.2, 0.25) is 0 Å². The van der Waals surface area contributed by atoms with Crippen LogP contribution in [0.1, 0.15) is 6.42 Å². The lowest BCUT2D eigenvalue weighted by molar-refractivity contribution is 0.0655. The second kappa shape index (κ2) is 4.81. The van der Waals surface area contributed by atoms with E-state index in [1.54, 1.807) is 6.08 Å². The van der Waals surface area contributed by atoms with Crippen molar-refractivity contribution in [2.24, 2.45) is 5.73 Å². The zero-order chi connectivity index (χ0) is 7.98. The lowest BCUT2D eigenvalue weighted by Crippen LogP contribution is -2.25. The second-order valence-electron chi connectivity index (χ2n) is 1.77. The highest BCUT2D eigenvalue weighted by Gasteiger charge is 2.07. The lowest BCUT2D eigenvalue weighted by Gasteiger charge is -2.10. The van der Waals surface area contributed by atoms with E-state index in [0.717, 1.165) is 0 Å². The number of nitrogens with two attached hydrogens (primary N) is 1. The maximum atomic E-state index is 10.1. The Morgan fingerprint density at radius 3 is 2.80 bits per heavy atom. The molecule has 4 nitrogen and oxygen atoms in total. The van der Waals surface area contributed by atoms with Crippen molar-refractivity contribution in [3.8, 4) is 0 Å². The Morgan fingerprint density at radius 2 is 2.50 bits per heavy atom. The number of ether oxygens (including phenoxy) is 1. The Bertz CT molecular complexity index is 124. The van der Waals surface area contributed by atoms with Gasteiger partial charge >= 0.3 is 6.09 Å². The van der Waals surface area contributed by atoms with Gasteiger partial charge in [0.15, 0.2) is 0 Å². The molecule has 0 aliphatic carbocycles. The van der Waals surface area contributed by atoms with Crippen LogP contribution in [0.4, 0.5) is 4.79 Å². The van der Waals surface area contributed by atoms with Gasteiger partial charge in [-0.25, -0.2) is 4.79 Å². The summed E-state index contributed by atoms with van der Waals surface area (Å²) in [5.41, 5.74) is 4.69. The molecule has 0 saturated heterocycles. The topological polar surface area (TPSA) is 72.6 Å². The van der Waals surface area contributed by atoms with Crippen LogP contribution in [0.3, 0.4) is 0 Å². The molecule has 0 aliphatic rings. The third-order valence-electron chi connectivity index (χ3n) is 0.916. The molecular weight excluding hydrogens is 134 g/mol. The number of hydrogen-bond donors (Lipinski definition) is 2. The normalized spacial score (nSPS) is 12.1. The van der Waals surface area contributed by atoms with Gasteiger partial charge in [0.05, 0.1) is 6.61 Å². The first kappa shape index (κ1) is 8.97. The second-order valence-corrected chi connectivity index (χ2v) is 1.77. The summed E-state index contributed by atoms with van der Waals surface area (Å²) in [7, 11) is 0. The molecule has 3 N–H and O–H groups in total. The molecule has 0 heterocycles. The van der Waals surface area contributed by atoms with E-state index < -0.39 is 12.2 Å². The van der Waals surface area contributed by atoms with Crippen molar-refractivity contribution >= 4 is 6.09 Å². The van der Waals surface area contributed by atoms with Crippen LogP contribution in [0, 0.1) is 0 Å². The van der Waals surface area contributed by atoms with Crippen molar-refractivity contribution in [2.75, 3.05) is 6.61 Å². The average molecular weight is 145 g/mol. The van der Waals surface area contributed by atoms with Gasteiger partial charge < -0.3 is 15.6 Å². The van der Waals surface area contributed by atoms with Gasteiger partial charge in [-0.05, 0) is 0 Å². The molecular formula is C6H11NO3. The smallest absolute Gasteiger partial charge is 0.404 e. The van der Waals surface area contributed by atoms with Crippen LogP contribution in [0.15, 0.2) is 12.7 Å². The predicted molar refractivity (Wildman–Crippen MR) is 36.4 cm³/mol. The lowest BCUT2D eigenvalue weighted by atomic mass is 10.3. The summed E-state index contributed by atoms with van der Waals surface area (Å²) in [6, 6.07) is 0. The van der Waals surface area contributed by atoms with Gasteiger partial charge in [-0.15, -0.1) is 6.58 Å². The van der Waals surface area contributed by atoms with Gasteiger partial charge in [0.2, 0.25) is 0 Å². The summed E-state index contributed by atoms with van der Waals surface area (Å²) in [6.07, 6.45) is 0.541. The number of aliphatic hydroxyl groups is 1. The molecule has 0 rings (SSSR count). The first-order chi connectivity index (χ1) is 4.70. The van der Waals surface area contributed by atoms with Crippen molar-refractivity contribution in [3.63, 3.8) is 0 Å². The molecule has 1 atom stereocenters. The number of carbonyl (C=O) groups is 1. The fraction of sp³-hybridized carbons (Fsp3) is 0.500. The van der Waals surface area contributed by atoms with Crippen molar-refractivity contribution in [1.82, 2.24) is 0 Å². The monoisotopic (exact) mass is 145 g/mol. The quantitative estimate of drug-likeness (QED) is 0.547. The van der Waals surface area contributed by atoms with Gasteiger partial charge in [0.1, 0.15) is 6.10 Å². The van der Waals surface area contributed by atoms with Crippen LogP contribution < -0.4 is 5.73 Å². The molecule has 0 aliphatic heterocycles. The molecule has 0 saturated carbocycles. The van der Waals surface area contributed by atoms with Crippen LogP contribution in [0.5, 0.6) is 0 Å². The highest BCUT2D eigenvalue weighted by Crippen LogP contribution is 1.96. The minimum Gasteiger partial charge on any atom is -0.444 e. The molecule has 0 aromatic heterocycles. The first-order valence-corrected chi connectivity index (χ1v) is 2.88. The summed E-state index contributed by atoms with van der Waals surface area (Å²) in [5, 5.41) is 8.53.